The second-order valence-electron chi connectivity index (χ2n) is 8.16. The molecule has 0 fully saturated rings. The van der Waals surface area contributed by atoms with Gasteiger partial charge in [0.25, 0.3) is 0 Å². The first-order valence-electron chi connectivity index (χ1n) is 11.5. The fourth-order valence-electron chi connectivity index (χ4n) is 3.35. The minimum absolute atomic E-state index is 0.238. The van der Waals surface area contributed by atoms with Gasteiger partial charge in [0.2, 0.25) is 5.60 Å². The molecule has 178 valence electrons. The highest BCUT2D eigenvalue weighted by atomic mass is 19.1. The normalized spacial score (nSPS) is 13.1. The zero-order valence-electron chi connectivity index (χ0n) is 20.1. The van der Waals surface area contributed by atoms with Gasteiger partial charge in [-0.1, -0.05) is 43.3 Å². The molecule has 0 aromatic heterocycles. The summed E-state index contributed by atoms with van der Waals surface area (Å²) in [5.74, 6) is 0.677. The van der Waals surface area contributed by atoms with E-state index in [1.807, 2.05) is 56.3 Å². The lowest BCUT2D eigenvalue weighted by molar-refractivity contribution is -0.160. The van der Waals surface area contributed by atoms with E-state index in [0.717, 1.165) is 22.3 Å². The molecule has 3 aromatic carbocycles. The molecule has 0 aliphatic rings. The Morgan fingerprint density at radius 1 is 0.882 bits per heavy atom. The second-order valence-corrected chi connectivity index (χ2v) is 8.16. The Morgan fingerprint density at radius 2 is 1.44 bits per heavy atom. The summed E-state index contributed by atoms with van der Waals surface area (Å²) < 4.78 is 30.0. The highest BCUT2D eigenvalue weighted by molar-refractivity contribution is 5.79. The number of halogens is 1. The second kappa shape index (κ2) is 11.5. The summed E-state index contributed by atoms with van der Waals surface area (Å²) in [7, 11) is 0. The van der Waals surface area contributed by atoms with Crippen molar-refractivity contribution in [3.05, 3.63) is 90.3 Å². The van der Waals surface area contributed by atoms with Gasteiger partial charge in [0, 0.05) is 0 Å². The van der Waals surface area contributed by atoms with Gasteiger partial charge in [0.05, 0.1) is 6.61 Å². The van der Waals surface area contributed by atoms with Crippen LogP contribution in [0.2, 0.25) is 0 Å². The lowest BCUT2D eigenvalue weighted by Gasteiger charge is -2.27. The quantitative estimate of drug-likeness (QED) is 0.302. The number of rotatable bonds is 10. The van der Waals surface area contributed by atoms with Gasteiger partial charge in [-0.15, -0.1) is 0 Å². The summed E-state index contributed by atoms with van der Waals surface area (Å²) in [5.41, 5.74) is 3.18. The van der Waals surface area contributed by atoms with E-state index in [-0.39, 0.29) is 11.8 Å². The van der Waals surface area contributed by atoms with Crippen molar-refractivity contribution in [1.29, 1.82) is 0 Å². The topological polar surface area (TPSA) is 44.8 Å². The lowest BCUT2D eigenvalue weighted by atomic mass is 10.0. The molecule has 0 N–H and O–H groups in total. The molecule has 0 saturated heterocycles. The van der Waals surface area contributed by atoms with Gasteiger partial charge in [-0.05, 0) is 91.9 Å². The third kappa shape index (κ3) is 6.47. The number of esters is 1. The van der Waals surface area contributed by atoms with Crippen LogP contribution < -0.4 is 9.47 Å². The van der Waals surface area contributed by atoms with Crippen LogP contribution in [0.15, 0.2) is 78.9 Å². The summed E-state index contributed by atoms with van der Waals surface area (Å²) in [6.07, 6.45) is 2.52. The largest absolute Gasteiger partial charge is 0.490 e. The van der Waals surface area contributed by atoms with Gasteiger partial charge in [0.1, 0.15) is 23.9 Å². The van der Waals surface area contributed by atoms with Gasteiger partial charge < -0.3 is 14.2 Å². The van der Waals surface area contributed by atoms with Gasteiger partial charge in [-0.2, -0.15) is 0 Å². The van der Waals surface area contributed by atoms with E-state index in [2.05, 4.69) is 0 Å². The molecular weight excluding hydrogens is 431 g/mol. The molecule has 0 amide bonds. The van der Waals surface area contributed by atoms with Crippen LogP contribution >= 0.6 is 0 Å². The minimum Gasteiger partial charge on any atom is -0.490 e. The molecule has 4 nitrogen and oxygen atoms in total. The Kier molecular flexibility index (Phi) is 8.47. The van der Waals surface area contributed by atoms with Crippen molar-refractivity contribution in [2.75, 3.05) is 13.2 Å². The van der Waals surface area contributed by atoms with E-state index in [4.69, 9.17) is 14.2 Å². The van der Waals surface area contributed by atoms with E-state index >= 15 is 0 Å². The molecule has 1 unspecified atom stereocenters. The van der Waals surface area contributed by atoms with Crippen molar-refractivity contribution >= 4 is 11.5 Å². The molecule has 0 radical (unpaired) electrons. The molecule has 1 atom stereocenters. The molecule has 3 aromatic rings. The maximum atomic E-state index is 13.1. The molecule has 3 rings (SSSR count). The summed E-state index contributed by atoms with van der Waals surface area (Å²) in [6, 6.07) is 21.8. The van der Waals surface area contributed by atoms with Gasteiger partial charge in [-0.25, -0.2) is 9.18 Å². The zero-order valence-corrected chi connectivity index (χ0v) is 20.1. The molecule has 0 aliphatic heterocycles. The first-order valence-corrected chi connectivity index (χ1v) is 11.5. The zero-order chi connectivity index (χ0) is 24.6. The monoisotopic (exact) mass is 462 g/mol. The van der Waals surface area contributed by atoms with Crippen molar-refractivity contribution in [3.63, 3.8) is 0 Å². The predicted molar refractivity (Wildman–Crippen MR) is 133 cm³/mol. The van der Waals surface area contributed by atoms with Crippen LogP contribution in [0.1, 0.15) is 39.7 Å². The van der Waals surface area contributed by atoms with Gasteiger partial charge in [-0.3, -0.25) is 0 Å². The Labute approximate surface area is 201 Å². The number of carbonyl (C=O) groups is 1. The maximum absolute atomic E-state index is 13.1. The fraction of sp³-hybridized carbons (Fsp3) is 0.276. The molecule has 0 saturated carbocycles. The van der Waals surface area contributed by atoms with Crippen molar-refractivity contribution in [1.82, 2.24) is 0 Å². The van der Waals surface area contributed by atoms with Crippen LogP contribution in [0, 0.1) is 5.82 Å². The summed E-state index contributed by atoms with van der Waals surface area (Å²) >= 11 is 0. The molecule has 0 bridgehead atoms. The standard InChI is InChI=1S/C29H31FO4/c1-5-29(4,28(31)32-6-2)34-27-17-15-26(16-18-27)33-20-19-21(3)22-7-9-23(10-8-22)24-11-13-25(30)14-12-24/h7-19H,5-6,20H2,1-4H3. The number of carbonyl (C=O) groups excluding carboxylic acids is 1. The number of hydrogen-bond acceptors (Lipinski definition) is 4. The third-order valence-corrected chi connectivity index (χ3v) is 5.71. The molecule has 34 heavy (non-hydrogen) atoms. The van der Waals surface area contributed by atoms with E-state index in [1.54, 1.807) is 38.1 Å². The molecule has 0 aliphatic carbocycles. The first kappa shape index (κ1) is 25.0. The van der Waals surface area contributed by atoms with Crippen LogP contribution in [0.25, 0.3) is 16.7 Å². The van der Waals surface area contributed by atoms with E-state index < -0.39 is 5.60 Å². The van der Waals surface area contributed by atoms with Crippen LogP contribution in [0.4, 0.5) is 4.39 Å². The summed E-state index contributed by atoms with van der Waals surface area (Å²) in [5, 5.41) is 0. The summed E-state index contributed by atoms with van der Waals surface area (Å²) in [6.45, 7) is 8.17. The highest BCUT2D eigenvalue weighted by Gasteiger charge is 2.35. The maximum Gasteiger partial charge on any atom is 0.350 e. The number of benzene rings is 3. The highest BCUT2D eigenvalue weighted by Crippen LogP contribution is 2.26. The number of hydrogen-bond donors (Lipinski definition) is 0. The Morgan fingerprint density at radius 3 is 2.00 bits per heavy atom. The minimum atomic E-state index is -1.02. The van der Waals surface area contributed by atoms with Crippen LogP contribution in [0.5, 0.6) is 11.5 Å². The Bertz CT molecular complexity index is 1100. The van der Waals surface area contributed by atoms with Gasteiger partial charge >= 0.3 is 5.97 Å². The lowest BCUT2D eigenvalue weighted by Crippen LogP contribution is -2.42. The molecule has 0 spiro atoms. The Balaban J connectivity index is 1.56. The molecule has 5 heteroatoms. The van der Waals surface area contributed by atoms with Crippen molar-refractivity contribution < 1.29 is 23.4 Å². The fourth-order valence-corrected chi connectivity index (χ4v) is 3.35. The SMILES string of the molecule is CCOC(=O)C(C)(CC)Oc1ccc(OCC=C(C)c2ccc(-c3ccc(F)cc3)cc2)cc1. The van der Waals surface area contributed by atoms with Crippen LogP contribution in [-0.4, -0.2) is 24.8 Å². The van der Waals surface area contributed by atoms with Crippen LogP contribution in [-0.2, 0) is 9.53 Å². The number of ether oxygens (including phenoxy) is 3. The molecule has 0 heterocycles. The average Bonchev–Trinajstić information content (AvgIpc) is 2.85. The van der Waals surface area contributed by atoms with Gasteiger partial charge in [0.15, 0.2) is 0 Å². The first-order chi connectivity index (χ1) is 16.3. The summed E-state index contributed by atoms with van der Waals surface area (Å²) in [4.78, 5) is 12.2. The molecular formula is C29H31FO4. The number of allylic oxidation sites excluding steroid dienone is 1. The van der Waals surface area contributed by atoms with Crippen molar-refractivity contribution in [2.45, 2.75) is 39.7 Å². The van der Waals surface area contributed by atoms with Crippen LogP contribution in [0.3, 0.4) is 0 Å². The predicted octanol–water partition coefficient (Wildman–Crippen LogP) is 7.09. The smallest absolute Gasteiger partial charge is 0.350 e. The third-order valence-electron chi connectivity index (χ3n) is 5.71. The van der Waals surface area contributed by atoms with E-state index in [0.29, 0.717) is 31.1 Å². The van der Waals surface area contributed by atoms with E-state index in [9.17, 15) is 9.18 Å². The van der Waals surface area contributed by atoms with Crippen molar-refractivity contribution in [2.24, 2.45) is 0 Å². The Hall–Kier alpha value is -3.60. The van der Waals surface area contributed by atoms with Crippen molar-refractivity contribution in [3.8, 4) is 22.6 Å². The van der Waals surface area contributed by atoms with E-state index in [1.165, 1.54) is 12.1 Å². The average molecular weight is 463 g/mol.